The van der Waals surface area contributed by atoms with Gasteiger partial charge in [-0.3, -0.25) is 0 Å². The molecule has 0 saturated heterocycles. The monoisotopic (exact) mass is 464 g/mol. The van der Waals surface area contributed by atoms with Gasteiger partial charge in [-0.25, -0.2) is 0 Å². The van der Waals surface area contributed by atoms with Crippen LogP contribution in [0.15, 0.2) is 24.6 Å². The molecule has 2 heterocycles. The Hall–Kier alpha value is 1.30. The minimum absolute atomic E-state index is 0.761. The van der Waals surface area contributed by atoms with E-state index in [-0.39, 0.29) is 0 Å². The van der Waals surface area contributed by atoms with Crippen molar-refractivity contribution in [1.29, 1.82) is 0 Å². The van der Waals surface area contributed by atoms with Crippen molar-refractivity contribution in [1.82, 2.24) is 0 Å². The molecule has 1 aliphatic carbocycles. The summed E-state index contributed by atoms with van der Waals surface area (Å²) < 4.78 is 11.2. The van der Waals surface area contributed by atoms with E-state index >= 15 is 0 Å². The normalized spacial score (nSPS) is 30.2. The Balaban J connectivity index is 1.80. The maximum atomic E-state index is 2.42. The fraction of sp³-hybridized carbons (Fsp3) is 0.455. The van der Waals surface area contributed by atoms with Crippen LogP contribution < -0.4 is 0 Å². The first-order valence-electron chi connectivity index (χ1n) is 5.01. The Bertz CT molecular complexity index is 412. The van der Waals surface area contributed by atoms with E-state index < -0.39 is 0 Å². The van der Waals surface area contributed by atoms with Crippen molar-refractivity contribution in [2.24, 2.45) is 5.92 Å². The van der Waals surface area contributed by atoms with E-state index in [0.717, 1.165) is 65.7 Å². The summed E-state index contributed by atoms with van der Waals surface area (Å²) in [7, 11) is 0. The van der Waals surface area contributed by atoms with Gasteiger partial charge in [-0.1, -0.05) is 0 Å². The van der Waals surface area contributed by atoms with Gasteiger partial charge in [-0.2, -0.15) is 0 Å². The molecule has 0 radical (unpaired) electrons. The second-order valence-corrected chi connectivity index (χ2v) is 16.3. The van der Waals surface area contributed by atoms with E-state index in [4.69, 9.17) is 0 Å². The third-order valence-corrected chi connectivity index (χ3v) is 19.3. The third kappa shape index (κ3) is 1.94. The molecule has 80 valence electrons. The molecule has 0 spiro atoms. The number of hydrogen-bond acceptors (Lipinski definition) is 0. The van der Waals surface area contributed by atoms with Crippen molar-refractivity contribution >= 4 is 59.8 Å². The molecule has 0 aromatic rings. The summed E-state index contributed by atoms with van der Waals surface area (Å²) in [6.45, 7) is 7.14. The standard InChI is InChI=1S/C11H12Se4/c1-5-4-8-9(5)15-11(14-8)10-12-6(2)7(3)13-10/h5H,4H2,1-3H3. The van der Waals surface area contributed by atoms with Crippen LogP contribution in [0.1, 0.15) is 27.2 Å². The van der Waals surface area contributed by atoms with Gasteiger partial charge in [0.25, 0.3) is 0 Å². The summed E-state index contributed by atoms with van der Waals surface area (Å²) in [4.78, 5) is 0. The van der Waals surface area contributed by atoms with Gasteiger partial charge in [0.1, 0.15) is 0 Å². The molecule has 0 aromatic heterocycles. The van der Waals surface area contributed by atoms with Crippen molar-refractivity contribution in [3.05, 3.63) is 24.6 Å². The number of rotatable bonds is 0. The first-order valence-corrected chi connectivity index (χ1v) is 11.9. The second-order valence-electron chi connectivity index (χ2n) is 3.99. The van der Waals surface area contributed by atoms with E-state index in [1.54, 1.807) is 8.94 Å². The van der Waals surface area contributed by atoms with Gasteiger partial charge in [-0.05, 0) is 0 Å². The molecule has 15 heavy (non-hydrogen) atoms. The molecule has 1 unspecified atom stereocenters. The molecule has 0 nitrogen and oxygen atoms in total. The Kier molecular flexibility index (Phi) is 3.19. The average molecular weight is 460 g/mol. The van der Waals surface area contributed by atoms with Crippen LogP contribution in [0.25, 0.3) is 0 Å². The summed E-state index contributed by atoms with van der Waals surface area (Å²) >= 11 is 3.14. The molecule has 0 aromatic carbocycles. The van der Waals surface area contributed by atoms with E-state index in [9.17, 15) is 0 Å². The second kappa shape index (κ2) is 4.20. The van der Waals surface area contributed by atoms with Crippen LogP contribution in [0.4, 0.5) is 0 Å². The molecule has 0 amide bonds. The summed E-state index contributed by atoms with van der Waals surface area (Å²) in [5, 5.41) is 0. The fourth-order valence-corrected chi connectivity index (χ4v) is 18.7. The molecule has 3 rings (SSSR count). The van der Waals surface area contributed by atoms with E-state index in [1.807, 2.05) is 15.7 Å². The molecule has 4 heteroatoms. The number of allylic oxidation sites excluding steroid dienone is 4. The Morgan fingerprint density at radius 3 is 2.07 bits per heavy atom. The summed E-state index contributed by atoms with van der Waals surface area (Å²) in [5.41, 5.74) is 0. The Morgan fingerprint density at radius 1 is 0.933 bits per heavy atom. The van der Waals surface area contributed by atoms with Crippen LogP contribution in [0.2, 0.25) is 0 Å². The zero-order valence-corrected chi connectivity index (χ0v) is 15.8. The predicted octanol–water partition coefficient (Wildman–Crippen LogP) is 1.46. The number of hydrogen-bond donors (Lipinski definition) is 0. The van der Waals surface area contributed by atoms with Crippen molar-refractivity contribution in [2.75, 3.05) is 0 Å². The molecule has 3 aliphatic rings. The molecular formula is C11H12Se4. The van der Waals surface area contributed by atoms with Gasteiger partial charge in [0.05, 0.1) is 0 Å². The first-order chi connectivity index (χ1) is 7.15. The topological polar surface area (TPSA) is 0 Å². The van der Waals surface area contributed by atoms with Crippen molar-refractivity contribution in [3.8, 4) is 0 Å². The fourth-order valence-electron chi connectivity index (χ4n) is 1.71. The zero-order valence-electron chi connectivity index (χ0n) is 8.92. The summed E-state index contributed by atoms with van der Waals surface area (Å²) in [6.07, 6.45) is 1.44. The molecule has 1 atom stereocenters. The summed E-state index contributed by atoms with van der Waals surface area (Å²) in [6, 6.07) is 0. The SMILES string of the molecule is CC1=C(C)[Se]C(=C2[Se]C3=C([Se]2)C(C)C3)[Se]1. The molecule has 2 aliphatic heterocycles. The van der Waals surface area contributed by atoms with Gasteiger partial charge >= 0.3 is 118 Å². The van der Waals surface area contributed by atoms with Gasteiger partial charge in [0, 0.05) is 0 Å². The van der Waals surface area contributed by atoms with Crippen molar-refractivity contribution < 1.29 is 0 Å². The quantitative estimate of drug-likeness (QED) is 0.481. The molecular weight excluding hydrogens is 448 g/mol. The molecule has 0 N–H and O–H groups in total. The van der Waals surface area contributed by atoms with E-state index in [0.29, 0.717) is 0 Å². The molecule has 0 fully saturated rings. The maximum absolute atomic E-state index is 2.42. The van der Waals surface area contributed by atoms with Crippen molar-refractivity contribution in [3.63, 3.8) is 0 Å². The molecule has 0 bridgehead atoms. The van der Waals surface area contributed by atoms with Gasteiger partial charge < -0.3 is 0 Å². The summed E-state index contributed by atoms with van der Waals surface area (Å²) in [5.74, 6) is 0.955. The minimum atomic E-state index is 0.761. The predicted molar refractivity (Wildman–Crippen MR) is 69.2 cm³/mol. The van der Waals surface area contributed by atoms with Crippen LogP contribution in [-0.4, -0.2) is 59.8 Å². The van der Waals surface area contributed by atoms with Crippen LogP contribution in [0.5, 0.6) is 0 Å². The van der Waals surface area contributed by atoms with Crippen LogP contribution in [0.3, 0.4) is 0 Å². The van der Waals surface area contributed by atoms with Gasteiger partial charge in [-0.15, -0.1) is 0 Å². The van der Waals surface area contributed by atoms with Gasteiger partial charge in [0.15, 0.2) is 0 Å². The van der Waals surface area contributed by atoms with Crippen molar-refractivity contribution in [2.45, 2.75) is 27.2 Å². The van der Waals surface area contributed by atoms with Crippen LogP contribution in [-0.2, 0) is 0 Å². The average Bonchev–Trinajstić information content (AvgIpc) is 2.68. The first kappa shape index (κ1) is 11.4. The van der Waals surface area contributed by atoms with Crippen LogP contribution >= 0.6 is 0 Å². The third-order valence-electron chi connectivity index (χ3n) is 2.79. The zero-order chi connectivity index (χ0) is 10.6. The van der Waals surface area contributed by atoms with Crippen LogP contribution in [0, 0.1) is 5.92 Å². The van der Waals surface area contributed by atoms with E-state index in [1.165, 1.54) is 6.42 Å². The molecule has 0 saturated carbocycles. The Morgan fingerprint density at radius 2 is 1.53 bits per heavy atom. The van der Waals surface area contributed by atoms with Gasteiger partial charge in [0.2, 0.25) is 0 Å². The Labute approximate surface area is 116 Å². The van der Waals surface area contributed by atoms with E-state index in [2.05, 4.69) is 20.8 Å².